The maximum atomic E-state index is 13.4. The van der Waals surface area contributed by atoms with Gasteiger partial charge in [0, 0.05) is 0 Å². The number of rotatable bonds is 2. The molecular formula is C12H13FOS. The molecule has 1 saturated heterocycles. The lowest BCUT2D eigenvalue weighted by Gasteiger charge is -2.19. The van der Waals surface area contributed by atoms with Gasteiger partial charge in [-0.15, -0.1) is 0 Å². The summed E-state index contributed by atoms with van der Waals surface area (Å²) in [5, 5.41) is -0.0318. The number of hydrogen-bond donors (Lipinski definition) is 0. The number of benzene rings is 1. The van der Waals surface area contributed by atoms with Crippen LogP contribution in [0.5, 0.6) is 0 Å². The van der Waals surface area contributed by atoms with Crippen LogP contribution in [0.25, 0.3) is 0 Å². The second-order valence-corrected chi connectivity index (χ2v) is 5.01. The third kappa shape index (κ3) is 2.40. The fourth-order valence-corrected chi connectivity index (χ4v) is 3.05. The molecule has 1 heterocycles. The lowest BCUT2D eigenvalue weighted by atomic mass is 10.0. The van der Waals surface area contributed by atoms with Gasteiger partial charge in [-0.2, -0.15) is 11.8 Å². The molecule has 80 valence electrons. The Balaban J connectivity index is 2.16. The normalized spacial score (nSPS) is 21.3. The van der Waals surface area contributed by atoms with Gasteiger partial charge in [0.2, 0.25) is 0 Å². The van der Waals surface area contributed by atoms with E-state index in [1.54, 1.807) is 30.0 Å². The van der Waals surface area contributed by atoms with Gasteiger partial charge < -0.3 is 0 Å². The van der Waals surface area contributed by atoms with Gasteiger partial charge in [0.05, 0.1) is 10.8 Å². The van der Waals surface area contributed by atoms with Crippen molar-refractivity contribution in [2.45, 2.75) is 24.5 Å². The zero-order valence-corrected chi connectivity index (χ0v) is 9.23. The van der Waals surface area contributed by atoms with Crippen LogP contribution in [0.4, 0.5) is 4.39 Å². The average molecular weight is 224 g/mol. The first-order valence-electron chi connectivity index (χ1n) is 5.19. The van der Waals surface area contributed by atoms with Crippen molar-refractivity contribution in [3.63, 3.8) is 0 Å². The Morgan fingerprint density at radius 3 is 2.80 bits per heavy atom. The highest BCUT2D eigenvalue weighted by Gasteiger charge is 2.24. The summed E-state index contributed by atoms with van der Waals surface area (Å²) in [6.07, 6.45) is 3.14. The molecule has 1 fully saturated rings. The first-order valence-corrected chi connectivity index (χ1v) is 6.24. The summed E-state index contributed by atoms with van der Waals surface area (Å²) in [5.41, 5.74) is 0.247. The number of ketones is 1. The molecule has 0 N–H and O–H groups in total. The quantitative estimate of drug-likeness (QED) is 0.717. The molecule has 0 radical (unpaired) electrons. The van der Waals surface area contributed by atoms with Gasteiger partial charge in [-0.05, 0) is 30.7 Å². The molecular weight excluding hydrogens is 211 g/mol. The van der Waals surface area contributed by atoms with E-state index >= 15 is 0 Å². The van der Waals surface area contributed by atoms with E-state index in [1.807, 2.05) is 0 Å². The van der Waals surface area contributed by atoms with Crippen molar-refractivity contribution < 1.29 is 9.18 Å². The minimum Gasteiger partial charge on any atom is -0.293 e. The summed E-state index contributed by atoms with van der Waals surface area (Å²) in [6.45, 7) is 0. The number of halogens is 1. The van der Waals surface area contributed by atoms with Crippen LogP contribution in [0.1, 0.15) is 29.6 Å². The number of hydrogen-bond acceptors (Lipinski definition) is 2. The molecule has 1 aromatic carbocycles. The van der Waals surface area contributed by atoms with E-state index in [4.69, 9.17) is 0 Å². The van der Waals surface area contributed by atoms with Crippen molar-refractivity contribution in [2.24, 2.45) is 0 Å². The molecule has 0 spiro atoms. The Bertz CT molecular complexity index is 358. The number of Topliss-reactive ketones (excluding diaryl/α,β-unsaturated/α-hetero) is 1. The van der Waals surface area contributed by atoms with Gasteiger partial charge in [-0.25, -0.2) is 4.39 Å². The third-order valence-corrected chi connectivity index (χ3v) is 3.99. The highest BCUT2D eigenvalue weighted by atomic mass is 32.2. The zero-order valence-electron chi connectivity index (χ0n) is 8.41. The van der Waals surface area contributed by atoms with Crippen molar-refractivity contribution in [3.05, 3.63) is 35.6 Å². The summed E-state index contributed by atoms with van der Waals surface area (Å²) >= 11 is 1.66. The molecule has 0 aliphatic carbocycles. The van der Waals surface area contributed by atoms with Crippen molar-refractivity contribution in [1.29, 1.82) is 0 Å². The van der Waals surface area contributed by atoms with Gasteiger partial charge in [0.25, 0.3) is 0 Å². The Hall–Kier alpha value is -0.830. The molecule has 1 nitrogen and oxygen atoms in total. The van der Waals surface area contributed by atoms with E-state index < -0.39 is 5.82 Å². The molecule has 1 unspecified atom stereocenters. The molecule has 1 atom stereocenters. The minimum atomic E-state index is -0.395. The van der Waals surface area contributed by atoms with Crippen LogP contribution in [0.15, 0.2) is 24.3 Å². The van der Waals surface area contributed by atoms with E-state index in [9.17, 15) is 9.18 Å². The standard InChI is InChI=1S/C12H13FOS/c13-10-6-2-1-5-9(10)12(14)11-7-3-4-8-15-11/h1-2,5-6,11H,3-4,7-8H2. The summed E-state index contributed by atoms with van der Waals surface area (Å²) in [6, 6.07) is 6.25. The summed E-state index contributed by atoms with van der Waals surface area (Å²) < 4.78 is 13.4. The molecule has 2 rings (SSSR count). The first-order chi connectivity index (χ1) is 7.29. The van der Waals surface area contributed by atoms with Crippen LogP contribution in [0, 0.1) is 5.82 Å². The predicted molar refractivity (Wildman–Crippen MR) is 60.8 cm³/mol. The molecule has 0 bridgehead atoms. The van der Waals surface area contributed by atoms with Crippen LogP contribution in [-0.2, 0) is 0 Å². The van der Waals surface area contributed by atoms with Gasteiger partial charge in [-0.3, -0.25) is 4.79 Å². The Morgan fingerprint density at radius 2 is 2.13 bits per heavy atom. The maximum absolute atomic E-state index is 13.4. The highest BCUT2D eigenvalue weighted by molar-refractivity contribution is 8.00. The third-order valence-electron chi connectivity index (χ3n) is 2.61. The topological polar surface area (TPSA) is 17.1 Å². The zero-order chi connectivity index (χ0) is 10.7. The van der Waals surface area contributed by atoms with E-state index in [2.05, 4.69) is 0 Å². The van der Waals surface area contributed by atoms with Crippen LogP contribution in [0.3, 0.4) is 0 Å². The number of carbonyl (C=O) groups is 1. The first kappa shape index (κ1) is 10.7. The second kappa shape index (κ2) is 4.79. The Morgan fingerprint density at radius 1 is 1.33 bits per heavy atom. The van der Waals surface area contributed by atoms with E-state index in [0.717, 1.165) is 18.6 Å². The van der Waals surface area contributed by atoms with E-state index in [1.165, 1.54) is 12.5 Å². The van der Waals surface area contributed by atoms with E-state index in [0.29, 0.717) is 0 Å². The second-order valence-electron chi connectivity index (χ2n) is 3.70. The SMILES string of the molecule is O=C(c1ccccc1F)C1CCCCS1. The lowest BCUT2D eigenvalue weighted by Crippen LogP contribution is -2.21. The number of carbonyl (C=O) groups excluding carboxylic acids is 1. The fourth-order valence-electron chi connectivity index (χ4n) is 1.78. The highest BCUT2D eigenvalue weighted by Crippen LogP contribution is 2.28. The molecule has 1 aliphatic rings. The van der Waals surface area contributed by atoms with Gasteiger partial charge in [0.1, 0.15) is 5.82 Å². The van der Waals surface area contributed by atoms with Crippen LogP contribution < -0.4 is 0 Å². The molecule has 3 heteroatoms. The Kier molecular flexibility index (Phi) is 3.41. The predicted octanol–water partition coefficient (Wildman–Crippen LogP) is 3.29. The monoisotopic (exact) mass is 224 g/mol. The van der Waals surface area contributed by atoms with Crippen LogP contribution in [-0.4, -0.2) is 16.8 Å². The van der Waals surface area contributed by atoms with Gasteiger partial charge in [0.15, 0.2) is 5.78 Å². The smallest absolute Gasteiger partial charge is 0.178 e. The van der Waals surface area contributed by atoms with Gasteiger partial charge in [-0.1, -0.05) is 18.6 Å². The lowest BCUT2D eigenvalue weighted by molar-refractivity contribution is 0.0981. The average Bonchev–Trinajstić information content (AvgIpc) is 2.30. The maximum Gasteiger partial charge on any atom is 0.178 e. The fraction of sp³-hybridized carbons (Fsp3) is 0.417. The summed E-state index contributed by atoms with van der Waals surface area (Å²) in [7, 11) is 0. The summed E-state index contributed by atoms with van der Waals surface area (Å²) in [5.74, 6) is 0.580. The van der Waals surface area contributed by atoms with Crippen molar-refractivity contribution in [1.82, 2.24) is 0 Å². The van der Waals surface area contributed by atoms with Crippen molar-refractivity contribution in [2.75, 3.05) is 5.75 Å². The minimum absolute atomic E-state index is 0.0318. The molecule has 1 aromatic rings. The number of thioether (sulfide) groups is 1. The molecule has 0 aromatic heterocycles. The van der Waals surface area contributed by atoms with E-state index in [-0.39, 0.29) is 16.6 Å². The Labute approximate surface area is 93.1 Å². The van der Waals surface area contributed by atoms with Crippen LogP contribution >= 0.6 is 11.8 Å². The van der Waals surface area contributed by atoms with Crippen molar-refractivity contribution >= 4 is 17.5 Å². The molecule has 0 saturated carbocycles. The molecule has 15 heavy (non-hydrogen) atoms. The van der Waals surface area contributed by atoms with Crippen molar-refractivity contribution in [3.8, 4) is 0 Å². The summed E-state index contributed by atoms with van der Waals surface area (Å²) in [4.78, 5) is 12.0. The largest absolute Gasteiger partial charge is 0.293 e. The molecule has 1 aliphatic heterocycles. The van der Waals surface area contributed by atoms with Gasteiger partial charge >= 0.3 is 0 Å². The van der Waals surface area contributed by atoms with Crippen LogP contribution in [0.2, 0.25) is 0 Å². The molecule has 0 amide bonds.